The van der Waals surface area contributed by atoms with Crippen molar-refractivity contribution >= 4 is 5.91 Å². The predicted molar refractivity (Wildman–Crippen MR) is 94.2 cm³/mol. The number of aromatic nitrogens is 2. The molecule has 2 aromatic carbocycles. The number of para-hydroxylation sites is 1. The lowest BCUT2D eigenvalue weighted by Gasteiger charge is -2.14. The Morgan fingerprint density at radius 2 is 1.96 bits per heavy atom. The Morgan fingerprint density at radius 3 is 2.76 bits per heavy atom. The van der Waals surface area contributed by atoms with E-state index in [0.29, 0.717) is 13.0 Å². The molecule has 1 amide bonds. The zero-order valence-electron chi connectivity index (χ0n) is 13.8. The van der Waals surface area contributed by atoms with Crippen LogP contribution in [0.25, 0.3) is 0 Å². The number of amides is 1. The molecule has 1 aliphatic heterocycles. The Kier molecular flexibility index (Phi) is 4.21. The summed E-state index contributed by atoms with van der Waals surface area (Å²) < 4.78 is 7.76. The van der Waals surface area contributed by atoms with Crippen LogP contribution in [0.1, 0.15) is 16.7 Å². The normalized spacial score (nSPS) is 15.4. The number of rotatable bonds is 5. The molecule has 3 aromatic rings. The van der Waals surface area contributed by atoms with Crippen molar-refractivity contribution in [1.82, 2.24) is 14.9 Å². The van der Waals surface area contributed by atoms with Crippen LogP contribution in [0.15, 0.2) is 67.3 Å². The molecule has 1 aromatic heterocycles. The van der Waals surface area contributed by atoms with Gasteiger partial charge in [0.05, 0.1) is 6.33 Å². The van der Waals surface area contributed by atoms with Gasteiger partial charge in [-0.25, -0.2) is 4.98 Å². The summed E-state index contributed by atoms with van der Waals surface area (Å²) in [5.74, 6) is 0.733. The number of ether oxygens (including phenoxy) is 1. The molecular formula is C20H19N3O2. The number of hydrogen-bond acceptors (Lipinski definition) is 3. The molecule has 5 nitrogen and oxygen atoms in total. The van der Waals surface area contributed by atoms with Gasteiger partial charge in [0, 0.05) is 31.9 Å². The third kappa shape index (κ3) is 3.40. The number of carbonyl (C=O) groups excluding carboxylic acids is 1. The van der Waals surface area contributed by atoms with Crippen molar-refractivity contribution in [3.8, 4) is 5.75 Å². The molecule has 126 valence electrons. The van der Waals surface area contributed by atoms with Crippen molar-refractivity contribution in [1.29, 1.82) is 0 Å². The fourth-order valence-electron chi connectivity index (χ4n) is 3.09. The van der Waals surface area contributed by atoms with E-state index in [-0.39, 0.29) is 5.91 Å². The Hall–Kier alpha value is -3.08. The van der Waals surface area contributed by atoms with Gasteiger partial charge in [0.25, 0.3) is 5.91 Å². The van der Waals surface area contributed by atoms with Crippen LogP contribution in [0.5, 0.6) is 5.75 Å². The lowest BCUT2D eigenvalue weighted by Crippen LogP contribution is -2.37. The highest BCUT2D eigenvalue weighted by molar-refractivity contribution is 5.82. The number of nitrogens with one attached hydrogen (secondary N) is 1. The maximum atomic E-state index is 12.5. The number of benzene rings is 2. The van der Waals surface area contributed by atoms with E-state index in [2.05, 4.69) is 16.4 Å². The van der Waals surface area contributed by atoms with Gasteiger partial charge in [0.1, 0.15) is 5.75 Å². The van der Waals surface area contributed by atoms with Crippen LogP contribution in [-0.4, -0.2) is 21.6 Å². The number of imidazole rings is 1. The van der Waals surface area contributed by atoms with Crippen LogP contribution in [0.4, 0.5) is 0 Å². The highest BCUT2D eigenvalue weighted by Gasteiger charge is 2.28. The zero-order valence-corrected chi connectivity index (χ0v) is 13.8. The summed E-state index contributed by atoms with van der Waals surface area (Å²) in [5, 5.41) is 3.01. The summed E-state index contributed by atoms with van der Waals surface area (Å²) >= 11 is 0. The Bertz CT molecular complexity index is 849. The Balaban J connectivity index is 1.40. The molecule has 0 saturated carbocycles. The molecule has 4 rings (SSSR count). The summed E-state index contributed by atoms with van der Waals surface area (Å²) in [5.41, 5.74) is 3.35. The van der Waals surface area contributed by atoms with Crippen molar-refractivity contribution in [2.24, 2.45) is 0 Å². The predicted octanol–water partition coefficient (Wildman–Crippen LogP) is 2.55. The molecule has 0 unspecified atom stereocenters. The van der Waals surface area contributed by atoms with Gasteiger partial charge in [-0.3, -0.25) is 4.79 Å². The first kappa shape index (κ1) is 15.4. The molecule has 0 radical (unpaired) electrons. The average Bonchev–Trinajstić information content (AvgIpc) is 3.30. The highest BCUT2D eigenvalue weighted by atomic mass is 16.5. The molecule has 0 bridgehead atoms. The minimum Gasteiger partial charge on any atom is -0.480 e. The largest absolute Gasteiger partial charge is 0.480 e. The summed E-state index contributed by atoms with van der Waals surface area (Å²) in [6.45, 7) is 1.22. The first-order chi connectivity index (χ1) is 12.3. The van der Waals surface area contributed by atoms with Crippen molar-refractivity contribution in [2.75, 3.05) is 0 Å². The van der Waals surface area contributed by atoms with E-state index in [9.17, 15) is 4.79 Å². The average molecular weight is 333 g/mol. The van der Waals surface area contributed by atoms with E-state index in [4.69, 9.17) is 4.74 Å². The SMILES string of the molecule is O=C(NCc1ccccc1Cn1ccnc1)[C@@H]1Cc2ccccc2O1. The third-order valence-electron chi connectivity index (χ3n) is 4.42. The van der Waals surface area contributed by atoms with Crippen LogP contribution in [-0.2, 0) is 24.3 Å². The molecule has 1 atom stereocenters. The van der Waals surface area contributed by atoms with E-state index in [1.54, 1.807) is 12.5 Å². The van der Waals surface area contributed by atoms with Gasteiger partial charge in [0.2, 0.25) is 0 Å². The maximum Gasteiger partial charge on any atom is 0.261 e. The second kappa shape index (κ2) is 6.81. The molecule has 2 heterocycles. The summed E-state index contributed by atoms with van der Waals surface area (Å²) in [4.78, 5) is 16.5. The van der Waals surface area contributed by atoms with E-state index >= 15 is 0 Å². The molecule has 1 N–H and O–H groups in total. The first-order valence-corrected chi connectivity index (χ1v) is 8.34. The van der Waals surface area contributed by atoms with E-state index < -0.39 is 6.10 Å². The summed E-state index contributed by atoms with van der Waals surface area (Å²) in [6.07, 6.45) is 5.66. The number of hydrogen-bond donors (Lipinski definition) is 1. The van der Waals surface area contributed by atoms with Crippen molar-refractivity contribution in [3.05, 3.63) is 83.9 Å². The molecule has 0 fully saturated rings. The van der Waals surface area contributed by atoms with Crippen molar-refractivity contribution in [2.45, 2.75) is 25.6 Å². The van der Waals surface area contributed by atoms with E-state index in [1.807, 2.05) is 53.2 Å². The first-order valence-electron chi connectivity index (χ1n) is 8.34. The monoisotopic (exact) mass is 333 g/mol. The fraction of sp³-hybridized carbons (Fsp3) is 0.200. The number of carbonyl (C=O) groups is 1. The molecule has 0 saturated heterocycles. The topological polar surface area (TPSA) is 56.2 Å². The summed E-state index contributed by atoms with van der Waals surface area (Å²) in [6, 6.07) is 15.9. The Labute approximate surface area is 146 Å². The van der Waals surface area contributed by atoms with Gasteiger partial charge >= 0.3 is 0 Å². The smallest absolute Gasteiger partial charge is 0.261 e. The summed E-state index contributed by atoms with van der Waals surface area (Å²) in [7, 11) is 0. The third-order valence-corrected chi connectivity index (χ3v) is 4.42. The number of nitrogens with zero attached hydrogens (tertiary/aromatic N) is 2. The Morgan fingerprint density at radius 1 is 1.16 bits per heavy atom. The van der Waals surface area contributed by atoms with Crippen LogP contribution >= 0.6 is 0 Å². The fourth-order valence-corrected chi connectivity index (χ4v) is 3.09. The highest BCUT2D eigenvalue weighted by Crippen LogP contribution is 2.28. The molecule has 5 heteroatoms. The quantitative estimate of drug-likeness (QED) is 0.781. The van der Waals surface area contributed by atoms with Gasteiger partial charge in [-0.15, -0.1) is 0 Å². The van der Waals surface area contributed by atoms with Gasteiger partial charge in [0.15, 0.2) is 6.10 Å². The van der Waals surface area contributed by atoms with Crippen molar-refractivity contribution < 1.29 is 9.53 Å². The molecule has 1 aliphatic rings. The number of fused-ring (bicyclic) bond motifs is 1. The lowest BCUT2D eigenvalue weighted by molar-refractivity contribution is -0.127. The van der Waals surface area contributed by atoms with E-state index in [1.165, 1.54) is 0 Å². The van der Waals surface area contributed by atoms with Crippen LogP contribution < -0.4 is 10.1 Å². The second-order valence-corrected chi connectivity index (χ2v) is 6.14. The van der Waals surface area contributed by atoms with Gasteiger partial charge < -0.3 is 14.6 Å². The molecule has 0 spiro atoms. The van der Waals surface area contributed by atoms with E-state index in [0.717, 1.165) is 29.0 Å². The maximum absolute atomic E-state index is 12.5. The minimum absolute atomic E-state index is 0.0753. The van der Waals surface area contributed by atoms with Crippen molar-refractivity contribution in [3.63, 3.8) is 0 Å². The lowest BCUT2D eigenvalue weighted by atomic mass is 10.1. The van der Waals surface area contributed by atoms with Crippen LogP contribution in [0.2, 0.25) is 0 Å². The van der Waals surface area contributed by atoms with Crippen LogP contribution in [0.3, 0.4) is 0 Å². The minimum atomic E-state index is -0.446. The van der Waals surface area contributed by atoms with Crippen LogP contribution in [0, 0.1) is 0 Å². The molecule has 25 heavy (non-hydrogen) atoms. The molecule has 0 aliphatic carbocycles. The van der Waals surface area contributed by atoms with Gasteiger partial charge in [-0.05, 0) is 22.8 Å². The van der Waals surface area contributed by atoms with Gasteiger partial charge in [-0.1, -0.05) is 42.5 Å². The zero-order chi connectivity index (χ0) is 17.1. The second-order valence-electron chi connectivity index (χ2n) is 6.14. The molecular weight excluding hydrogens is 314 g/mol. The standard InChI is InChI=1S/C20H19N3O2/c24-20(19-11-15-5-3-4-8-18(15)25-19)22-12-16-6-1-2-7-17(16)13-23-10-9-21-14-23/h1-10,14,19H,11-13H2,(H,22,24)/t19-/m0/s1. The van der Waals surface area contributed by atoms with Gasteiger partial charge in [-0.2, -0.15) is 0 Å².